The Labute approximate surface area is 190 Å². The van der Waals surface area contributed by atoms with E-state index in [0.29, 0.717) is 27.1 Å². The predicted molar refractivity (Wildman–Crippen MR) is 120 cm³/mol. The van der Waals surface area contributed by atoms with Crippen molar-refractivity contribution in [3.63, 3.8) is 0 Å². The Morgan fingerprint density at radius 1 is 1.16 bits per heavy atom. The van der Waals surface area contributed by atoms with Crippen molar-refractivity contribution in [1.29, 1.82) is 0 Å². The zero-order valence-electron chi connectivity index (χ0n) is 16.7. The Hall–Kier alpha value is -3.57. The van der Waals surface area contributed by atoms with E-state index in [4.69, 9.17) is 4.74 Å². The summed E-state index contributed by atoms with van der Waals surface area (Å²) < 4.78 is 20.8. The molecule has 1 N–H and O–H groups in total. The van der Waals surface area contributed by atoms with E-state index in [-0.39, 0.29) is 16.6 Å². The normalized spacial score (nSPS) is 10.7. The summed E-state index contributed by atoms with van der Waals surface area (Å²) in [5, 5.41) is 14.8. The number of aromatic nitrogens is 4. The quantitative estimate of drug-likeness (QED) is 0.325. The first kappa shape index (κ1) is 21.7. The third kappa shape index (κ3) is 5.01. The zero-order chi connectivity index (χ0) is 22.5. The largest absolute Gasteiger partial charge is 0.497 e. The van der Waals surface area contributed by atoms with Gasteiger partial charge in [-0.2, -0.15) is 5.10 Å². The van der Waals surface area contributed by atoms with Gasteiger partial charge in [-0.3, -0.25) is 14.9 Å². The van der Waals surface area contributed by atoms with Crippen LogP contribution in [0, 0.1) is 5.82 Å². The summed E-state index contributed by atoms with van der Waals surface area (Å²) in [6.45, 7) is 0. The summed E-state index contributed by atoms with van der Waals surface area (Å²) in [6, 6.07) is 14.7. The number of ether oxygens (including phenoxy) is 1. The van der Waals surface area contributed by atoms with Crippen molar-refractivity contribution in [2.24, 2.45) is 0 Å². The molecule has 0 fully saturated rings. The second-order valence-electron chi connectivity index (χ2n) is 6.38. The van der Waals surface area contributed by atoms with Gasteiger partial charge in [0.25, 0.3) is 5.91 Å². The number of carbonyl (C=O) groups is 1. The van der Waals surface area contributed by atoms with Crippen LogP contribution in [-0.2, 0) is 5.75 Å². The number of hydrogen-bond donors (Lipinski definition) is 1. The number of thioether (sulfide) groups is 1. The number of nitrogens with one attached hydrogen (secondary N) is 1. The number of carbonyl (C=O) groups excluding carboxylic acids is 1. The minimum Gasteiger partial charge on any atom is -0.497 e. The molecule has 32 heavy (non-hydrogen) atoms. The fourth-order valence-corrected chi connectivity index (χ4v) is 4.41. The highest BCUT2D eigenvalue weighted by Gasteiger charge is 2.16. The second-order valence-corrected chi connectivity index (χ2v) is 8.58. The Morgan fingerprint density at radius 2 is 1.94 bits per heavy atom. The summed E-state index contributed by atoms with van der Waals surface area (Å²) in [5.41, 5.74) is 0.401. The number of halogens is 1. The van der Waals surface area contributed by atoms with Crippen molar-refractivity contribution in [3.05, 3.63) is 88.1 Å². The molecule has 0 saturated heterocycles. The molecule has 0 unspecified atom stereocenters. The van der Waals surface area contributed by atoms with Crippen LogP contribution in [-0.4, -0.2) is 33.0 Å². The number of methoxy groups -OCH3 is 1. The van der Waals surface area contributed by atoms with Crippen molar-refractivity contribution >= 4 is 34.1 Å². The topological polar surface area (TPSA) is 99.0 Å². The Balaban J connectivity index is 1.46. The minimum atomic E-state index is -0.695. The van der Waals surface area contributed by atoms with E-state index in [1.54, 1.807) is 49.6 Å². The molecule has 8 nitrogen and oxygen atoms in total. The van der Waals surface area contributed by atoms with Gasteiger partial charge in [0.2, 0.25) is 10.6 Å². The molecule has 0 radical (unpaired) electrons. The number of hydrogen-bond acceptors (Lipinski definition) is 8. The maximum atomic E-state index is 13.7. The monoisotopic (exact) mass is 469 g/mol. The van der Waals surface area contributed by atoms with Crippen LogP contribution < -0.4 is 15.5 Å². The number of benzene rings is 2. The van der Waals surface area contributed by atoms with E-state index in [2.05, 4.69) is 20.6 Å². The number of amides is 1. The Kier molecular flexibility index (Phi) is 6.57. The van der Waals surface area contributed by atoms with E-state index >= 15 is 0 Å². The SMILES string of the molecule is COc1ccc(-n2ccc(=O)c(C(=O)Nc3nnc(SCc4ccccc4F)s3)n2)cc1. The van der Waals surface area contributed by atoms with Crippen molar-refractivity contribution < 1.29 is 13.9 Å². The van der Waals surface area contributed by atoms with Gasteiger partial charge in [0.15, 0.2) is 10.0 Å². The summed E-state index contributed by atoms with van der Waals surface area (Å²) >= 11 is 2.43. The van der Waals surface area contributed by atoms with E-state index < -0.39 is 11.3 Å². The van der Waals surface area contributed by atoms with E-state index in [9.17, 15) is 14.0 Å². The van der Waals surface area contributed by atoms with Crippen molar-refractivity contribution in [2.75, 3.05) is 12.4 Å². The highest BCUT2D eigenvalue weighted by atomic mass is 32.2. The van der Waals surface area contributed by atoms with Gasteiger partial charge in [0.1, 0.15) is 11.6 Å². The van der Waals surface area contributed by atoms with Gasteiger partial charge >= 0.3 is 0 Å². The van der Waals surface area contributed by atoms with Crippen LogP contribution in [0.25, 0.3) is 5.69 Å². The van der Waals surface area contributed by atoms with Crippen LogP contribution in [0.15, 0.2) is 69.9 Å². The van der Waals surface area contributed by atoms with E-state index in [1.807, 2.05) is 0 Å². The third-order valence-electron chi connectivity index (χ3n) is 4.30. The minimum absolute atomic E-state index is 0.215. The van der Waals surface area contributed by atoms with Gasteiger partial charge in [0.05, 0.1) is 12.8 Å². The summed E-state index contributed by atoms with van der Waals surface area (Å²) in [5.74, 6) is 0.0657. The first-order valence-corrected chi connectivity index (χ1v) is 11.1. The summed E-state index contributed by atoms with van der Waals surface area (Å²) in [4.78, 5) is 24.8. The van der Waals surface area contributed by atoms with Crippen LogP contribution >= 0.6 is 23.1 Å². The molecule has 0 saturated carbocycles. The van der Waals surface area contributed by atoms with Crippen LogP contribution in [0.4, 0.5) is 9.52 Å². The first-order valence-electron chi connectivity index (χ1n) is 9.29. The molecule has 1 amide bonds. The van der Waals surface area contributed by atoms with Gasteiger partial charge in [-0.15, -0.1) is 10.2 Å². The highest BCUT2D eigenvalue weighted by molar-refractivity contribution is 8.00. The predicted octanol–water partition coefficient (Wildman–Crippen LogP) is 3.78. The molecule has 0 spiro atoms. The van der Waals surface area contributed by atoms with Crippen LogP contribution in [0.2, 0.25) is 0 Å². The molecule has 2 aromatic carbocycles. The van der Waals surface area contributed by atoms with Gasteiger partial charge < -0.3 is 4.74 Å². The standard InChI is InChI=1S/C21H16FN5O3S2/c1-30-15-8-6-14(7-9-15)27-11-10-17(28)18(26-27)19(29)23-20-24-25-21(32-20)31-12-13-4-2-3-5-16(13)22/h2-11H,12H2,1H3,(H,23,24,29). The molecule has 0 bridgehead atoms. The Bertz CT molecular complexity index is 1310. The molecule has 11 heteroatoms. The van der Waals surface area contributed by atoms with Crippen LogP contribution in [0.5, 0.6) is 5.75 Å². The zero-order valence-corrected chi connectivity index (χ0v) is 18.3. The highest BCUT2D eigenvalue weighted by Crippen LogP contribution is 2.29. The molecule has 0 aliphatic carbocycles. The molecule has 2 heterocycles. The molecule has 2 aromatic heterocycles. The third-order valence-corrected chi connectivity index (χ3v) is 6.32. The summed E-state index contributed by atoms with van der Waals surface area (Å²) in [7, 11) is 1.56. The maximum Gasteiger partial charge on any atom is 0.282 e. The average Bonchev–Trinajstić information content (AvgIpc) is 3.26. The molecule has 4 aromatic rings. The molecule has 4 rings (SSSR count). The van der Waals surface area contributed by atoms with Crippen molar-refractivity contribution in [3.8, 4) is 11.4 Å². The lowest BCUT2D eigenvalue weighted by Crippen LogP contribution is -2.25. The fraction of sp³-hybridized carbons (Fsp3) is 0.0952. The molecule has 0 aliphatic rings. The number of rotatable bonds is 7. The fourth-order valence-electron chi connectivity index (χ4n) is 2.67. The molecule has 0 aliphatic heterocycles. The van der Waals surface area contributed by atoms with Gasteiger partial charge in [-0.1, -0.05) is 41.3 Å². The van der Waals surface area contributed by atoms with Gasteiger partial charge in [0, 0.05) is 18.0 Å². The van der Waals surface area contributed by atoms with E-state index in [1.165, 1.54) is 34.8 Å². The molecule has 162 valence electrons. The van der Waals surface area contributed by atoms with Crippen molar-refractivity contribution in [1.82, 2.24) is 20.0 Å². The van der Waals surface area contributed by atoms with E-state index in [0.717, 1.165) is 11.3 Å². The number of nitrogens with zero attached hydrogens (tertiary/aromatic N) is 4. The number of anilines is 1. The van der Waals surface area contributed by atoms with Crippen molar-refractivity contribution in [2.45, 2.75) is 10.1 Å². The lowest BCUT2D eigenvalue weighted by Gasteiger charge is -2.08. The lowest BCUT2D eigenvalue weighted by atomic mass is 10.2. The smallest absolute Gasteiger partial charge is 0.282 e. The molecular formula is C21H16FN5O3S2. The summed E-state index contributed by atoms with van der Waals surface area (Å²) in [6.07, 6.45) is 1.48. The average molecular weight is 470 g/mol. The Morgan fingerprint density at radius 3 is 2.69 bits per heavy atom. The maximum absolute atomic E-state index is 13.7. The first-order chi connectivity index (χ1) is 15.5. The van der Waals surface area contributed by atoms with Crippen LogP contribution in [0.3, 0.4) is 0 Å². The lowest BCUT2D eigenvalue weighted by molar-refractivity contribution is 0.101. The van der Waals surface area contributed by atoms with Gasteiger partial charge in [-0.05, 0) is 35.9 Å². The molecule has 0 atom stereocenters. The molecular weight excluding hydrogens is 453 g/mol. The second kappa shape index (κ2) is 9.71. The van der Waals surface area contributed by atoms with Gasteiger partial charge in [-0.25, -0.2) is 9.07 Å². The van der Waals surface area contributed by atoms with Crippen LogP contribution in [0.1, 0.15) is 16.1 Å².